The Labute approximate surface area is 105 Å². The molecule has 1 N–H and O–H groups in total. The van der Waals surface area contributed by atoms with Gasteiger partial charge in [0.1, 0.15) is 6.07 Å². The Morgan fingerprint density at radius 2 is 2.00 bits per heavy atom. The maximum Gasteiger partial charge on any atom is 0.416 e. The number of halogens is 3. The van der Waals surface area contributed by atoms with E-state index in [9.17, 15) is 13.2 Å². The van der Waals surface area contributed by atoms with Crippen LogP contribution in [0.25, 0.3) is 0 Å². The van der Waals surface area contributed by atoms with Gasteiger partial charge in [-0.2, -0.15) is 29.8 Å². The molecule has 2 aromatic rings. The van der Waals surface area contributed by atoms with Crippen LogP contribution in [0.4, 0.5) is 24.5 Å². The number of hydrogen-bond acceptors (Lipinski definition) is 3. The van der Waals surface area contributed by atoms with Gasteiger partial charge in [-0.1, -0.05) is 0 Å². The summed E-state index contributed by atoms with van der Waals surface area (Å²) in [7, 11) is 0. The van der Waals surface area contributed by atoms with Crippen molar-refractivity contribution in [1.29, 1.82) is 5.26 Å². The lowest BCUT2D eigenvalue weighted by Crippen LogP contribution is -2.05. The van der Waals surface area contributed by atoms with Crippen LogP contribution < -0.4 is 5.32 Å². The maximum atomic E-state index is 12.5. The van der Waals surface area contributed by atoms with E-state index in [1.807, 2.05) is 5.38 Å². The summed E-state index contributed by atoms with van der Waals surface area (Å²) in [6, 6.07) is 6.60. The topological polar surface area (TPSA) is 35.8 Å². The molecule has 18 heavy (non-hydrogen) atoms. The van der Waals surface area contributed by atoms with Gasteiger partial charge >= 0.3 is 6.18 Å². The normalized spacial score (nSPS) is 11.0. The molecule has 0 saturated heterocycles. The third-order valence-corrected chi connectivity index (χ3v) is 2.95. The maximum absolute atomic E-state index is 12.5. The summed E-state index contributed by atoms with van der Waals surface area (Å²) in [6.45, 7) is 0. The lowest BCUT2D eigenvalue weighted by atomic mass is 10.1. The Balaban J connectivity index is 2.36. The first-order valence-electron chi connectivity index (χ1n) is 4.91. The van der Waals surface area contributed by atoms with Crippen molar-refractivity contribution in [3.63, 3.8) is 0 Å². The highest BCUT2D eigenvalue weighted by Gasteiger charge is 2.31. The molecule has 92 valence electrons. The van der Waals surface area contributed by atoms with Gasteiger partial charge in [-0.25, -0.2) is 0 Å². The van der Waals surface area contributed by atoms with Crippen molar-refractivity contribution in [3.8, 4) is 6.07 Å². The molecule has 2 rings (SSSR count). The number of hydrogen-bond donors (Lipinski definition) is 1. The summed E-state index contributed by atoms with van der Waals surface area (Å²) in [5.74, 6) is 0. The van der Waals surface area contributed by atoms with E-state index in [0.29, 0.717) is 5.69 Å². The zero-order valence-corrected chi connectivity index (χ0v) is 9.77. The molecule has 6 heteroatoms. The highest BCUT2D eigenvalue weighted by Crippen LogP contribution is 2.32. The molecule has 1 aromatic heterocycles. The van der Waals surface area contributed by atoms with Crippen LogP contribution in [0.15, 0.2) is 35.0 Å². The van der Waals surface area contributed by atoms with Crippen molar-refractivity contribution >= 4 is 22.7 Å². The quantitative estimate of drug-likeness (QED) is 0.877. The standard InChI is InChI=1S/C12H7F3N2S/c13-12(14,15)9-1-2-11(8(5-9)6-16)17-10-3-4-18-7-10/h1-5,7,17H. The molecule has 2 nitrogen and oxygen atoms in total. The molecule has 1 heterocycles. The van der Waals surface area contributed by atoms with E-state index in [4.69, 9.17) is 5.26 Å². The summed E-state index contributed by atoms with van der Waals surface area (Å²) in [5.41, 5.74) is 0.256. The number of nitrogens with one attached hydrogen (secondary N) is 1. The van der Waals surface area contributed by atoms with E-state index in [0.717, 1.165) is 17.8 Å². The molecular formula is C12H7F3N2S. The highest BCUT2D eigenvalue weighted by molar-refractivity contribution is 7.08. The van der Waals surface area contributed by atoms with Gasteiger partial charge in [-0.05, 0) is 29.6 Å². The minimum absolute atomic E-state index is 0.0315. The Hall–Kier alpha value is -2.00. The average Bonchev–Trinajstić information content (AvgIpc) is 2.81. The van der Waals surface area contributed by atoms with Gasteiger partial charge in [0.15, 0.2) is 0 Å². The summed E-state index contributed by atoms with van der Waals surface area (Å²) in [5, 5.41) is 15.4. The molecule has 0 atom stereocenters. The van der Waals surface area contributed by atoms with E-state index < -0.39 is 11.7 Å². The number of rotatable bonds is 2. The first-order valence-corrected chi connectivity index (χ1v) is 5.85. The number of nitriles is 1. The van der Waals surface area contributed by atoms with Gasteiger partial charge in [0.25, 0.3) is 0 Å². The molecule has 1 aromatic carbocycles. The van der Waals surface area contributed by atoms with Crippen molar-refractivity contribution in [2.45, 2.75) is 6.18 Å². The van der Waals surface area contributed by atoms with Crippen molar-refractivity contribution in [2.24, 2.45) is 0 Å². The summed E-state index contributed by atoms with van der Waals surface area (Å²) < 4.78 is 37.5. The van der Waals surface area contributed by atoms with Crippen LogP contribution in [0.2, 0.25) is 0 Å². The van der Waals surface area contributed by atoms with E-state index >= 15 is 0 Å². The monoisotopic (exact) mass is 268 g/mol. The first kappa shape index (κ1) is 12.5. The number of nitrogens with zero attached hydrogens (tertiary/aromatic N) is 1. The molecule has 0 saturated carbocycles. The Kier molecular flexibility index (Phi) is 3.26. The van der Waals surface area contributed by atoms with Gasteiger partial charge in [0.2, 0.25) is 0 Å². The molecule has 0 aliphatic heterocycles. The summed E-state index contributed by atoms with van der Waals surface area (Å²) >= 11 is 1.45. The molecule has 0 radical (unpaired) electrons. The lowest BCUT2D eigenvalue weighted by Gasteiger charge is -2.10. The molecule has 0 fully saturated rings. The van der Waals surface area contributed by atoms with Gasteiger partial charge in [-0.15, -0.1) is 0 Å². The van der Waals surface area contributed by atoms with E-state index in [1.54, 1.807) is 17.5 Å². The van der Waals surface area contributed by atoms with Gasteiger partial charge in [0.05, 0.1) is 16.8 Å². The smallest absolute Gasteiger partial charge is 0.354 e. The van der Waals surface area contributed by atoms with Crippen LogP contribution in [-0.2, 0) is 6.18 Å². The van der Waals surface area contributed by atoms with Crippen LogP contribution in [-0.4, -0.2) is 0 Å². The second-order valence-electron chi connectivity index (χ2n) is 3.51. The molecule has 0 unspecified atom stereocenters. The fourth-order valence-corrected chi connectivity index (χ4v) is 2.00. The molecule has 0 aliphatic carbocycles. The fourth-order valence-electron chi connectivity index (χ4n) is 1.41. The predicted octanol–water partition coefficient (Wildman–Crippen LogP) is 4.38. The van der Waals surface area contributed by atoms with Gasteiger partial charge < -0.3 is 5.32 Å². The van der Waals surface area contributed by atoms with Crippen molar-refractivity contribution in [1.82, 2.24) is 0 Å². The molecular weight excluding hydrogens is 261 g/mol. The second kappa shape index (κ2) is 4.70. The number of thiophene rings is 1. The zero-order valence-electron chi connectivity index (χ0n) is 8.95. The fraction of sp³-hybridized carbons (Fsp3) is 0.0833. The zero-order chi connectivity index (χ0) is 13.2. The molecule has 0 aliphatic rings. The van der Waals surface area contributed by atoms with Crippen LogP contribution >= 0.6 is 11.3 Å². The van der Waals surface area contributed by atoms with Crippen LogP contribution in [0, 0.1) is 11.3 Å². The van der Waals surface area contributed by atoms with Crippen molar-refractivity contribution in [2.75, 3.05) is 5.32 Å². The third-order valence-electron chi connectivity index (χ3n) is 2.27. The Bertz CT molecular complexity index is 582. The number of anilines is 2. The average molecular weight is 268 g/mol. The van der Waals surface area contributed by atoms with E-state index in [-0.39, 0.29) is 5.56 Å². The largest absolute Gasteiger partial charge is 0.416 e. The van der Waals surface area contributed by atoms with Crippen LogP contribution in [0.3, 0.4) is 0 Å². The van der Waals surface area contributed by atoms with Crippen LogP contribution in [0.5, 0.6) is 0 Å². The predicted molar refractivity (Wildman–Crippen MR) is 63.8 cm³/mol. The van der Waals surface area contributed by atoms with E-state index in [1.165, 1.54) is 17.4 Å². The van der Waals surface area contributed by atoms with Gasteiger partial charge in [0, 0.05) is 11.1 Å². The second-order valence-corrected chi connectivity index (χ2v) is 4.29. The summed E-state index contributed by atoms with van der Waals surface area (Å²) in [4.78, 5) is 0. The highest BCUT2D eigenvalue weighted by atomic mass is 32.1. The minimum atomic E-state index is -4.44. The molecule has 0 spiro atoms. The SMILES string of the molecule is N#Cc1cc(C(F)(F)F)ccc1Nc1ccsc1. The number of benzene rings is 1. The molecule has 0 amide bonds. The van der Waals surface area contributed by atoms with Crippen molar-refractivity contribution in [3.05, 3.63) is 46.2 Å². The number of alkyl halides is 3. The van der Waals surface area contributed by atoms with Crippen molar-refractivity contribution < 1.29 is 13.2 Å². The Morgan fingerprint density at radius 1 is 1.22 bits per heavy atom. The first-order chi connectivity index (χ1) is 8.50. The Morgan fingerprint density at radius 3 is 2.56 bits per heavy atom. The minimum Gasteiger partial charge on any atom is -0.354 e. The summed E-state index contributed by atoms with van der Waals surface area (Å²) in [6.07, 6.45) is -4.44. The van der Waals surface area contributed by atoms with Crippen LogP contribution in [0.1, 0.15) is 11.1 Å². The van der Waals surface area contributed by atoms with Gasteiger partial charge in [-0.3, -0.25) is 0 Å². The lowest BCUT2D eigenvalue weighted by molar-refractivity contribution is -0.137. The third kappa shape index (κ3) is 2.63. The van der Waals surface area contributed by atoms with E-state index in [2.05, 4.69) is 5.32 Å². The molecule has 0 bridgehead atoms.